The minimum Gasteiger partial charge on any atom is -0.497 e. The van der Waals surface area contributed by atoms with E-state index in [-0.39, 0.29) is 32.7 Å². The summed E-state index contributed by atoms with van der Waals surface area (Å²) in [5, 5.41) is 0. The van der Waals surface area contributed by atoms with Crippen molar-refractivity contribution in [3.8, 4) is 0 Å². The van der Waals surface area contributed by atoms with Crippen LogP contribution in [0.2, 0.25) is 0 Å². The molecule has 0 aliphatic heterocycles. The van der Waals surface area contributed by atoms with Crippen molar-refractivity contribution < 1.29 is 32.7 Å². The molecule has 49 valence electrons. The molecule has 1 heteroatoms. The maximum absolute atomic E-state index is 3.33. The quantitative estimate of drug-likeness (QED) is 0.567. The normalized spacial score (nSPS) is 32.2. The molecule has 0 heterocycles. The van der Waals surface area contributed by atoms with Gasteiger partial charge in [-0.1, -0.05) is 32.6 Å². The van der Waals surface area contributed by atoms with E-state index in [1.165, 1.54) is 12.8 Å². The first-order valence-electron chi connectivity index (χ1n) is 3.42. The van der Waals surface area contributed by atoms with E-state index in [9.17, 15) is 0 Å². The zero-order valence-corrected chi connectivity index (χ0v) is 9.06. The van der Waals surface area contributed by atoms with Gasteiger partial charge >= 0.3 is 0 Å². The minimum atomic E-state index is 0. The van der Waals surface area contributed by atoms with Gasteiger partial charge in [-0.05, 0) is 0 Å². The Morgan fingerprint density at radius 3 is 2.56 bits per heavy atom. The number of hydrogen-bond donors (Lipinski definition) is 0. The van der Waals surface area contributed by atoms with Gasteiger partial charge in [0.1, 0.15) is 0 Å². The Morgan fingerprint density at radius 1 is 1.67 bits per heavy atom. The summed E-state index contributed by atoms with van der Waals surface area (Å²) < 4.78 is 0. The Hall–Kier alpha value is 0.844. The topological polar surface area (TPSA) is 0 Å². The number of rotatable bonds is 1. The Balaban J connectivity index is 0.000000640. The molecule has 0 saturated heterocycles. The van der Waals surface area contributed by atoms with Gasteiger partial charge in [-0.3, -0.25) is 6.08 Å². The molecular formula is C8H13Y-. The first kappa shape index (κ1) is 9.84. The second kappa shape index (κ2) is 4.63. The van der Waals surface area contributed by atoms with E-state index in [0.717, 1.165) is 11.8 Å². The predicted octanol–water partition coefficient (Wildman–Crippen LogP) is 2.41. The van der Waals surface area contributed by atoms with Gasteiger partial charge < -0.3 is 6.08 Å². The molecule has 2 atom stereocenters. The van der Waals surface area contributed by atoms with Crippen LogP contribution in [0.5, 0.6) is 0 Å². The number of hydrogen-bond acceptors (Lipinski definition) is 0. The van der Waals surface area contributed by atoms with Crippen LogP contribution >= 0.6 is 0 Å². The predicted molar refractivity (Wildman–Crippen MR) is 35.4 cm³/mol. The van der Waals surface area contributed by atoms with Crippen LogP contribution in [0.3, 0.4) is 0 Å². The second-order valence-electron chi connectivity index (χ2n) is 2.65. The summed E-state index contributed by atoms with van der Waals surface area (Å²) in [6.45, 7) is 4.48. The summed E-state index contributed by atoms with van der Waals surface area (Å²) in [4.78, 5) is 0. The molecule has 1 aliphatic carbocycles. The van der Waals surface area contributed by atoms with Gasteiger partial charge in [-0.25, -0.2) is 0 Å². The Labute approximate surface area is 83.0 Å². The molecule has 0 spiro atoms. The van der Waals surface area contributed by atoms with Crippen LogP contribution in [0.4, 0.5) is 0 Å². The average Bonchev–Trinajstić information content (AvgIpc) is 2.14. The van der Waals surface area contributed by atoms with E-state index in [1.807, 2.05) is 0 Å². The Bertz CT molecular complexity index is 96.7. The average molecular weight is 198 g/mol. The summed E-state index contributed by atoms with van der Waals surface area (Å²) in [5.74, 6) is 1.56. The fourth-order valence-corrected chi connectivity index (χ4v) is 1.17. The summed E-state index contributed by atoms with van der Waals surface area (Å²) >= 11 is 0. The zero-order valence-electron chi connectivity index (χ0n) is 6.22. The minimum absolute atomic E-state index is 0. The van der Waals surface area contributed by atoms with Crippen LogP contribution < -0.4 is 0 Å². The van der Waals surface area contributed by atoms with E-state index in [0.29, 0.717) is 0 Å². The van der Waals surface area contributed by atoms with Gasteiger partial charge in [-0.2, -0.15) is 5.92 Å². The fraction of sp³-hybridized carbons (Fsp3) is 0.750. The van der Waals surface area contributed by atoms with E-state index in [2.05, 4.69) is 26.0 Å². The standard InChI is InChI=1S/C8H13.Y/c1-3-8-5-4-7(2)6-8;/h4,7-8H,3,6H2,1-2H3;/q-1;. The van der Waals surface area contributed by atoms with Crippen LogP contribution in [0.1, 0.15) is 26.7 Å². The maximum Gasteiger partial charge on any atom is 0 e. The van der Waals surface area contributed by atoms with Crippen LogP contribution in [0.15, 0.2) is 6.08 Å². The molecule has 2 unspecified atom stereocenters. The Morgan fingerprint density at radius 2 is 2.33 bits per heavy atom. The molecule has 0 nitrogen and oxygen atoms in total. The van der Waals surface area contributed by atoms with Gasteiger partial charge in [-0.15, -0.1) is 0 Å². The van der Waals surface area contributed by atoms with Gasteiger partial charge in [0.05, 0.1) is 0 Å². The molecular weight excluding hydrogens is 185 g/mol. The molecule has 0 aromatic rings. The van der Waals surface area contributed by atoms with Gasteiger partial charge in [0, 0.05) is 32.7 Å². The fourth-order valence-electron chi connectivity index (χ4n) is 1.17. The monoisotopic (exact) mass is 198 g/mol. The first-order chi connectivity index (χ1) is 3.83. The van der Waals surface area contributed by atoms with Crippen molar-refractivity contribution in [2.24, 2.45) is 11.8 Å². The van der Waals surface area contributed by atoms with Crippen molar-refractivity contribution in [1.82, 2.24) is 0 Å². The van der Waals surface area contributed by atoms with E-state index >= 15 is 0 Å². The third-order valence-electron chi connectivity index (χ3n) is 1.77. The molecule has 0 fully saturated rings. The summed E-state index contributed by atoms with van der Waals surface area (Å²) in [6, 6.07) is 0. The first-order valence-corrected chi connectivity index (χ1v) is 3.42. The molecule has 1 aliphatic rings. The van der Waals surface area contributed by atoms with Crippen LogP contribution in [-0.4, -0.2) is 0 Å². The molecule has 0 amide bonds. The van der Waals surface area contributed by atoms with E-state index < -0.39 is 0 Å². The molecule has 0 aromatic heterocycles. The van der Waals surface area contributed by atoms with Crippen molar-refractivity contribution in [3.63, 3.8) is 0 Å². The van der Waals surface area contributed by atoms with Gasteiger partial charge in [0.2, 0.25) is 0 Å². The summed E-state index contributed by atoms with van der Waals surface area (Å²) in [7, 11) is 0. The van der Waals surface area contributed by atoms with Gasteiger partial charge in [0.15, 0.2) is 0 Å². The van der Waals surface area contributed by atoms with Gasteiger partial charge in [0.25, 0.3) is 0 Å². The van der Waals surface area contributed by atoms with E-state index in [4.69, 9.17) is 0 Å². The van der Waals surface area contributed by atoms with Crippen molar-refractivity contribution in [2.75, 3.05) is 0 Å². The van der Waals surface area contributed by atoms with Crippen molar-refractivity contribution in [3.05, 3.63) is 12.2 Å². The molecule has 9 heavy (non-hydrogen) atoms. The second-order valence-corrected chi connectivity index (χ2v) is 2.65. The smallest absolute Gasteiger partial charge is 0 e. The number of allylic oxidation sites excluding steroid dienone is 2. The molecule has 0 saturated carbocycles. The van der Waals surface area contributed by atoms with Crippen molar-refractivity contribution in [1.29, 1.82) is 0 Å². The Kier molecular flexibility index (Phi) is 5.06. The molecule has 1 radical (unpaired) electrons. The SMILES string of the molecule is CCC1[C-]=CC(C)C1.[Y]. The molecule has 0 aromatic carbocycles. The maximum atomic E-state index is 3.33. The van der Waals surface area contributed by atoms with Crippen molar-refractivity contribution >= 4 is 0 Å². The largest absolute Gasteiger partial charge is 0.497 e. The van der Waals surface area contributed by atoms with Crippen molar-refractivity contribution in [2.45, 2.75) is 26.7 Å². The van der Waals surface area contributed by atoms with Crippen LogP contribution in [0, 0.1) is 17.9 Å². The zero-order chi connectivity index (χ0) is 5.98. The third kappa shape index (κ3) is 2.95. The third-order valence-corrected chi connectivity index (χ3v) is 1.77. The summed E-state index contributed by atoms with van der Waals surface area (Å²) in [6.07, 6.45) is 8.13. The molecule has 0 N–H and O–H groups in total. The van der Waals surface area contributed by atoms with E-state index in [1.54, 1.807) is 0 Å². The van der Waals surface area contributed by atoms with Crippen LogP contribution in [-0.2, 0) is 32.7 Å². The molecule has 0 bridgehead atoms. The molecule has 1 rings (SSSR count). The van der Waals surface area contributed by atoms with Crippen LogP contribution in [0.25, 0.3) is 0 Å². The summed E-state index contributed by atoms with van der Waals surface area (Å²) in [5.41, 5.74) is 0.